The third-order valence-electron chi connectivity index (χ3n) is 6.67. The predicted octanol–water partition coefficient (Wildman–Crippen LogP) is 3.88. The zero-order valence-corrected chi connectivity index (χ0v) is 14.9. The first-order chi connectivity index (χ1) is 10.9. The van der Waals surface area contributed by atoms with Gasteiger partial charge >= 0.3 is 0 Å². The van der Waals surface area contributed by atoms with Crippen molar-refractivity contribution in [1.82, 2.24) is 4.72 Å². The van der Waals surface area contributed by atoms with Gasteiger partial charge in [-0.25, -0.2) is 13.1 Å². The first kappa shape index (κ1) is 15.6. The molecule has 4 heteroatoms. The molecule has 0 aromatic heterocycles. The maximum absolute atomic E-state index is 12.7. The summed E-state index contributed by atoms with van der Waals surface area (Å²) in [7, 11) is -3.42. The second kappa shape index (κ2) is 5.32. The number of benzene rings is 1. The average Bonchev–Trinajstić information content (AvgIpc) is 2.45. The van der Waals surface area contributed by atoms with E-state index >= 15 is 0 Å². The molecule has 0 saturated heterocycles. The summed E-state index contributed by atoms with van der Waals surface area (Å²) in [6.45, 7) is 4.07. The molecule has 1 atom stereocenters. The summed E-state index contributed by atoms with van der Waals surface area (Å²) in [5, 5.41) is 0. The number of nitrogens with one attached hydrogen (secondary N) is 1. The standard InChI is InChI=1S/C19H27NO2S/c1-13-3-5-18(6-4-13)23(21,22)20-14(2)19-10-15-7-16(11-19)9-17(8-15)12-19/h3-6,14-17,20H,7-12H2,1-2H3. The predicted molar refractivity (Wildman–Crippen MR) is 91.6 cm³/mol. The van der Waals surface area contributed by atoms with Crippen LogP contribution in [0.4, 0.5) is 0 Å². The lowest BCUT2D eigenvalue weighted by molar-refractivity contribution is -0.0666. The lowest BCUT2D eigenvalue weighted by atomic mass is 9.48. The van der Waals surface area contributed by atoms with E-state index in [0.29, 0.717) is 4.90 Å². The number of hydrogen-bond donors (Lipinski definition) is 1. The van der Waals surface area contributed by atoms with Gasteiger partial charge in [-0.2, -0.15) is 0 Å². The van der Waals surface area contributed by atoms with E-state index in [4.69, 9.17) is 0 Å². The van der Waals surface area contributed by atoms with E-state index in [9.17, 15) is 8.42 Å². The molecule has 23 heavy (non-hydrogen) atoms. The quantitative estimate of drug-likeness (QED) is 0.909. The van der Waals surface area contributed by atoms with Crippen molar-refractivity contribution in [2.24, 2.45) is 23.2 Å². The Morgan fingerprint density at radius 2 is 1.48 bits per heavy atom. The van der Waals surface area contributed by atoms with Gasteiger partial charge in [0, 0.05) is 6.04 Å². The highest BCUT2D eigenvalue weighted by Gasteiger charge is 2.53. The van der Waals surface area contributed by atoms with E-state index in [1.165, 1.54) is 38.5 Å². The van der Waals surface area contributed by atoms with Crippen LogP contribution in [-0.2, 0) is 10.0 Å². The summed E-state index contributed by atoms with van der Waals surface area (Å²) < 4.78 is 28.5. The SMILES string of the molecule is Cc1ccc(S(=O)(=O)NC(C)C23CC4CC(CC(C4)C2)C3)cc1. The topological polar surface area (TPSA) is 46.2 Å². The number of rotatable bonds is 4. The van der Waals surface area contributed by atoms with Gasteiger partial charge in [0.25, 0.3) is 0 Å². The van der Waals surface area contributed by atoms with E-state index in [1.54, 1.807) is 12.1 Å². The van der Waals surface area contributed by atoms with Crippen LogP contribution < -0.4 is 4.72 Å². The molecule has 0 radical (unpaired) electrons. The Morgan fingerprint density at radius 3 is 1.96 bits per heavy atom. The van der Waals surface area contributed by atoms with Gasteiger partial charge < -0.3 is 0 Å². The number of aryl methyl sites for hydroxylation is 1. The maximum atomic E-state index is 12.7. The molecule has 0 heterocycles. The van der Waals surface area contributed by atoms with Crippen LogP contribution in [0.25, 0.3) is 0 Å². The van der Waals surface area contributed by atoms with Crippen LogP contribution >= 0.6 is 0 Å². The summed E-state index contributed by atoms with van der Waals surface area (Å²) in [5.74, 6) is 2.52. The Morgan fingerprint density at radius 1 is 1.00 bits per heavy atom. The van der Waals surface area contributed by atoms with Crippen molar-refractivity contribution in [2.75, 3.05) is 0 Å². The lowest BCUT2D eigenvalue weighted by Gasteiger charge is -2.59. The van der Waals surface area contributed by atoms with E-state index in [-0.39, 0.29) is 11.5 Å². The van der Waals surface area contributed by atoms with Gasteiger partial charge in [0.05, 0.1) is 4.90 Å². The first-order valence-electron chi connectivity index (χ1n) is 8.95. The second-order valence-corrected chi connectivity index (χ2v) is 10.1. The van der Waals surface area contributed by atoms with E-state index in [0.717, 1.165) is 23.3 Å². The van der Waals surface area contributed by atoms with E-state index in [2.05, 4.69) is 11.6 Å². The fraction of sp³-hybridized carbons (Fsp3) is 0.684. The Labute approximate surface area is 139 Å². The summed E-state index contributed by atoms with van der Waals surface area (Å²) in [5.41, 5.74) is 1.28. The summed E-state index contributed by atoms with van der Waals surface area (Å²) in [6.07, 6.45) is 7.81. The third kappa shape index (κ3) is 2.74. The largest absolute Gasteiger partial charge is 0.240 e. The van der Waals surface area contributed by atoms with Gasteiger partial charge in [0.1, 0.15) is 0 Å². The molecule has 5 rings (SSSR count). The molecule has 1 aromatic carbocycles. The fourth-order valence-corrected chi connectivity index (χ4v) is 7.20. The van der Waals surface area contributed by atoms with Gasteiger partial charge in [-0.05, 0) is 87.7 Å². The second-order valence-electron chi connectivity index (χ2n) is 8.44. The summed E-state index contributed by atoms with van der Waals surface area (Å²) >= 11 is 0. The number of sulfonamides is 1. The van der Waals surface area contributed by atoms with Crippen molar-refractivity contribution in [3.8, 4) is 0 Å². The highest BCUT2D eigenvalue weighted by molar-refractivity contribution is 7.89. The lowest BCUT2D eigenvalue weighted by Crippen LogP contribution is -2.55. The minimum absolute atomic E-state index is 0.0298. The minimum Gasteiger partial charge on any atom is -0.208 e. The molecule has 126 valence electrons. The molecule has 1 N–H and O–H groups in total. The molecule has 3 nitrogen and oxygen atoms in total. The van der Waals surface area contributed by atoms with Gasteiger partial charge in [-0.3, -0.25) is 0 Å². The van der Waals surface area contributed by atoms with Crippen LogP contribution in [0.2, 0.25) is 0 Å². The van der Waals surface area contributed by atoms with Crippen LogP contribution in [0.1, 0.15) is 51.0 Å². The average molecular weight is 333 g/mol. The van der Waals surface area contributed by atoms with Crippen molar-refractivity contribution in [3.63, 3.8) is 0 Å². The van der Waals surface area contributed by atoms with Crippen LogP contribution in [0.15, 0.2) is 29.2 Å². The first-order valence-corrected chi connectivity index (χ1v) is 10.4. The van der Waals surface area contributed by atoms with Gasteiger partial charge in [0.2, 0.25) is 10.0 Å². The van der Waals surface area contributed by atoms with Crippen molar-refractivity contribution in [1.29, 1.82) is 0 Å². The molecule has 1 unspecified atom stereocenters. The Kier molecular flexibility index (Phi) is 3.62. The number of hydrogen-bond acceptors (Lipinski definition) is 2. The van der Waals surface area contributed by atoms with Crippen LogP contribution in [0.5, 0.6) is 0 Å². The summed E-state index contributed by atoms with van der Waals surface area (Å²) in [6, 6.07) is 7.18. The molecule has 1 aromatic rings. The van der Waals surface area contributed by atoms with Crippen molar-refractivity contribution >= 4 is 10.0 Å². The van der Waals surface area contributed by atoms with Crippen molar-refractivity contribution in [3.05, 3.63) is 29.8 Å². The highest BCUT2D eigenvalue weighted by Crippen LogP contribution is 2.61. The van der Waals surface area contributed by atoms with Crippen LogP contribution in [-0.4, -0.2) is 14.5 Å². The highest BCUT2D eigenvalue weighted by atomic mass is 32.2. The Hall–Kier alpha value is -0.870. The minimum atomic E-state index is -3.42. The van der Waals surface area contributed by atoms with Gasteiger partial charge in [-0.15, -0.1) is 0 Å². The maximum Gasteiger partial charge on any atom is 0.240 e. The van der Waals surface area contributed by atoms with Crippen molar-refractivity contribution in [2.45, 2.75) is 63.3 Å². The molecule has 0 spiro atoms. The fourth-order valence-electron chi connectivity index (χ4n) is 5.85. The zero-order chi connectivity index (χ0) is 16.2. The molecule has 0 amide bonds. The van der Waals surface area contributed by atoms with E-state index in [1.807, 2.05) is 19.1 Å². The van der Waals surface area contributed by atoms with Crippen LogP contribution in [0.3, 0.4) is 0 Å². The van der Waals surface area contributed by atoms with Crippen LogP contribution in [0, 0.1) is 30.1 Å². The smallest absolute Gasteiger partial charge is 0.208 e. The molecule has 0 aliphatic heterocycles. The Bertz CT molecular complexity index is 657. The monoisotopic (exact) mass is 333 g/mol. The molecule has 4 bridgehead atoms. The molecule has 4 saturated carbocycles. The van der Waals surface area contributed by atoms with E-state index < -0.39 is 10.0 Å². The third-order valence-corrected chi connectivity index (χ3v) is 8.22. The van der Waals surface area contributed by atoms with Gasteiger partial charge in [-0.1, -0.05) is 17.7 Å². The van der Waals surface area contributed by atoms with Crippen molar-refractivity contribution < 1.29 is 8.42 Å². The normalized spacial score (nSPS) is 37.0. The zero-order valence-electron chi connectivity index (χ0n) is 14.1. The molecule has 4 fully saturated rings. The molecular weight excluding hydrogens is 306 g/mol. The summed E-state index contributed by atoms with van der Waals surface area (Å²) in [4.78, 5) is 0.389. The Balaban J connectivity index is 1.55. The molecular formula is C19H27NO2S. The molecule has 4 aliphatic carbocycles. The molecule has 4 aliphatic rings. The van der Waals surface area contributed by atoms with Gasteiger partial charge in [0.15, 0.2) is 0 Å².